The van der Waals surface area contributed by atoms with Gasteiger partial charge in [0, 0.05) is 28.6 Å². The van der Waals surface area contributed by atoms with Gasteiger partial charge in [0.1, 0.15) is 0 Å². The van der Waals surface area contributed by atoms with Gasteiger partial charge in [0.15, 0.2) is 6.61 Å². The molecule has 0 spiro atoms. The summed E-state index contributed by atoms with van der Waals surface area (Å²) in [5.41, 5.74) is 0.582. The maximum atomic E-state index is 12.5. The Balaban J connectivity index is 1.46. The van der Waals surface area contributed by atoms with Crippen molar-refractivity contribution in [3.8, 4) is 0 Å². The average molecular weight is 420 g/mol. The van der Waals surface area contributed by atoms with E-state index < -0.39 is 0 Å². The number of hydrogen-bond donors (Lipinski definition) is 0. The van der Waals surface area contributed by atoms with E-state index in [4.69, 9.17) is 16.3 Å². The summed E-state index contributed by atoms with van der Waals surface area (Å²) in [5, 5.41) is 0.584. The molecule has 0 unspecified atom stereocenters. The molecule has 1 fully saturated rings. The molecule has 2 aromatic rings. The maximum absolute atomic E-state index is 12.5. The molecule has 1 aromatic carbocycles. The van der Waals surface area contributed by atoms with Crippen molar-refractivity contribution in [3.63, 3.8) is 0 Å². The first-order chi connectivity index (χ1) is 13.5. The summed E-state index contributed by atoms with van der Waals surface area (Å²) >= 11 is 7.29. The maximum Gasteiger partial charge on any atom is 0.309 e. The number of ether oxygens (including phenoxy) is 1. The summed E-state index contributed by atoms with van der Waals surface area (Å²) in [5.74, 6) is -0.882. The summed E-state index contributed by atoms with van der Waals surface area (Å²) in [6.45, 7) is 2.77. The number of piperidine rings is 1. The molecule has 7 heteroatoms. The van der Waals surface area contributed by atoms with Crippen LogP contribution in [0.25, 0.3) is 0 Å². The fraction of sp³-hybridized carbons (Fsp3) is 0.381. The number of rotatable bonds is 6. The lowest BCUT2D eigenvalue weighted by Gasteiger charge is -2.31. The van der Waals surface area contributed by atoms with Gasteiger partial charge in [0.05, 0.1) is 10.8 Å². The lowest BCUT2D eigenvalue weighted by Crippen LogP contribution is -2.40. The third kappa shape index (κ3) is 5.00. The van der Waals surface area contributed by atoms with Crippen molar-refractivity contribution in [1.29, 1.82) is 0 Å². The van der Waals surface area contributed by atoms with Gasteiger partial charge in [-0.2, -0.15) is 0 Å². The van der Waals surface area contributed by atoms with E-state index in [1.54, 1.807) is 35.2 Å². The first-order valence-corrected chi connectivity index (χ1v) is 10.5. The number of nitrogens with zero attached hydrogens (tertiary/aromatic N) is 1. The number of carbonyl (C=O) groups is 3. The lowest BCUT2D eigenvalue weighted by atomic mass is 9.96. The second-order valence-electron chi connectivity index (χ2n) is 6.72. The van der Waals surface area contributed by atoms with Crippen molar-refractivity contribution in [3.05, 3.63) is 56.7 Å². The minimum Gasteiger partial charge on any atom is -0.457 e. The van der Waals surface area contributed by atoms with Gasteiger partial charge in [-0.05, 0) is 55.7 Å². The molecule has 0 radical (unpaired) electrons. The van der Waals surface area contributed by atoms with Crippen molar-refractivity contribution in [2.45, 2.75) is 26.2 Å². The zero-order valence-electron chi connectivity index (χ0n) is 15.7. The topological polar surface area (TPSA) is 63.7 Å². The molecule has 5 nitrogen and oxygen atoms in total. The van der Waals surface area contributed by atoms with Crippen molar-refractivity contribution >= 4 is 40.6 Å². The number of amides is 1. The van der Waals surface area contributed by atoms with Gasteiger partial charge >= 0.3 is 5.97 Å². The van der Waals surface area contributed by atoms with Crippen LogP contribution < -0.4 is 0 Å². The summed E-state index contributed by atoms with van der Waals surface area (Å²) in [7, 11) is 0. The minimum atomic E-state index is -0.362. The fourth-order valence-corrected chi connectivity index (χ4v) is 4.13. The van der Waals surface area contributed by atoms with Crippen molar-refractivity contribution in [2.24, 2.45) is 5.92 Å². The highest BCUT2D eigenvalue weighted by Crippen LogP contribution is 2.22. The number of aryl methyl sites for hydroxylation is 1. The Morgan fingerprint density at radius 1 is 1.11 bits per heavy atom. The Bertz CT molecular complexity index is 854. The third-order valence-corrected chi connectivity index (χ3v) is 6.36. The average Bonchev–Trinajstić information content (AvgIpc) is 3.21. The van der Waals surface area contributed by atoms with Crippen LogP contribution in [-0.4, -0.2) is 42.3 Å². The van der Waals surface area contributed by atoms with Gasteiger partial charge in [-0.1, -0.05) is 18.5 Å². The molecule has 0 atom stereocenters. The van der Waals surface area contributed by atoms with Crippen LogP contribution in [-0.2, 0) is 16.0 Å². The Kier molecular flexibility index (Phi) is 6.86. The van der Waals surface area contributed by atoms with Crippen LogP contribution in [0.1, 0.15) is 44.7 Å². The van der Waals surface area contributed by atoms with E-state index in [1.165, 1.54) is 11.3 Å². The summed E-state index contributed by atoms with van der Waals surface area (Å²) < 4.78 is 5.23. The molecule has 1 aliphatic heterocycles. The molecule has 0 bridgehead atoms. The number of ketones is 1. The third-order valence-electron chi connectivity index (χ3n) is 4.84. The zero-order valence-corrected chi connectivity index (χ0v) is 17.2. The normalized spacial score (nSPS) is 14.7. The lowest BCUT2D eigenvalue weighted by molar-refractivity contribution is -0.148. The molecule has 0 N–H and O–H groups in total. The zero-order chi connectivity index (χ0) is 20.1. The summed E-state index contributed by atoms with van der Waals surface area (Å²) in [4.78, 5) is 40.4. The fourth-order valence-electron chi connectivity index (χ4n) is 3.14. The van der Waals surface area contributed by atoms with Crippen molar-refractivity contribution < 1.29 is 19.1 Å². The highest BCUT2D eigenvalue weighted by atomic mass is 35.5. The number of esters is 1. The van der Waals surface area contributed by atoms with Gasteiger partial charge < -0.3 is 9.64 Å². The van der Waals surface area contributed by atoms with E-state index in [1.807, 2.05) is 13.0 Å². The van der Waals surface area contributed by atoms with E-state index in [0.717, 1.165) is 11.3 Å². The predicted molar refractivity (Wildman–Crippen MR) is 109 cm³/mol. The number of carbonyl (C=O) groups excluding carboxylic acids is 3. The molecule has 3 rings (SSSR count). The first-order valence-electron chi connectivity index (χ1n) is 9.31. The van der Waals surface area contributed by atoms with Crippen LogP contribution in [0.15, 0.2) is 36.4 Å². The second-order valence-corrected chi connectivity index (χ2v) is 8.33. The van der Waals surface area contributed by atoms with Crippen LogP contribution >= 0.6 is 22.9 Å². The Labute approximate surface area is 173 Å². The molecule has 28 heavy (non-hydrogen) atoms. The number of hydrogen-bond acceptors (Lipinski definition) is 5. The highest BCUT2D eigenvalue weighted by molar-refractivity contribution is 7.14. The summed E-state index contributed by atoms with van der Waals surface area (Å²) in [6.07, 6.45) is 1.95. The molecule has 1 aliphatic rings. The van der Waals surface area contributed by atoms with E-state index >= 15 is 0 Å². The van der Waals surface area contributed by atoms with Gasteiger partial charge in [-0.3, -0.25) is 14.4 Å². The summed E-state index contributed by atoms with van der Waals surface area (Å²) in [6, 6.07) is 10.5. The smallest absolute Gasteiger partial charge is 0.309 e. The van der Waals surface area contributed by atoms with Gasteiger partial charge in [0.25, 0.3) is 5.91 Å². The molecule has 1 saturated heterocycles. The minimum absolute atomic E-state index is 0.0666. The molecular formula is C21H22ClNO4S. The highest BCUT2D eigenvalue weighted by Gasteiger charge is 2.29. The Morgan fingerprint density at radius 3 is 2.39 bits per heavy atom. The number of likely N-dealkylation sites (tertiary alicyclic amines) is 1. The molecular weight excluding hydrogens is 398 g/mol. The van der Waals surface area contributed by atoms with Crippen LogP contribution in [0, 0.1) is 5.92 Å². The van der Waals surface area contributed by atoms with E-state index in [2.05, 4.69) is 0 Å². The Hall–Kier alpha value is -2.18. The van der Waals surface area contributed by atoms with Crippen LogP contribution in [0.5, 0.6) is 0 Å². The van der Waals surface area contributed by atoms with Crippen LogP contribution in [0.4, 0.5) is 0 Å². The van der Waals surface area contributed by atoms with Crippen molar-refractivity contribution in [1.82, 2.24) is 4.90 Å². The monoisotopic (exact) mass is 419 g/mol. The number of halogens is 1. The SMILES string of the molecule is CCc1ccc(C(=O)COC(=O)C2CCN(C(=O)c3ccc(Cl)cc3)CC2)s1. The quantitative estimate of drug-likeness (QED) is 0.519. The van der Waals surface area contributed by atoms with Crippen LogP contribution in [0.2, 0.25) is 5.02 Å². The van der Waals surface area contributed by atoms with E-state index in [0.29, 0.717) is 41.4 Å². The standard InChI is InChI=1S/C21H22ClNO4S/c1-2-17-7-8-19(28-17)18(24)13-27-21(26)15-9-11-23(12-10-15)20(25)14-3-5-16(22)6-4-14/h3-8,15H,2,9-13H2,1H3. The molecule has 0 saturated carbocycles. The largest absolute Gasteiger partial charge is 0.457 e. The second kappa shape index (κ2) is 9.34. The number of benzene rings is 1. The van der Waals surface area contributed by atoms with E-state index in [9.17, 15) is 14.4 Å². The molecule has 1 amide bonds. The van der Waals surface area contributed by atoms with Crippen molar-refractivity contribution in [2.75, 3.05) is 19.7 Å². The number of Topliss-reactive ketones (excluding diaryl/α,β-unsaturated/α-hetero) is 1. The first kappa shape index (κ1) is 20.6. The molecule has 1 aromatic heterocycles. The molecule has 148 valence electrons. The Morgan fingerprint density at radius 2 is 1.79 bits per heavy atom. The number of thiophene rings is 1. The van der Waals surface area contributed by atoms with Crippen LogP contribution in [0.3, 0.4) is 0 Å². The predicted octanol–water partition coefficient (Wildman–Crippen LogP) is 4.24. The molecule has 0 aliphatic carbocycles. The molecule has 2 heterocycles. The van der Waals surface area contributed by atoms with Gasteiger partial charge in [-0.25, -0.2) is 0 Å². The van der Waals surface area contributed by atoms with Gasteiger partial charge in [0.2, 0.25) is 5.78 Å². The van der Waals surface area contributed by atoms with Gasteiger partial charge in [-0.15, -0.1) is 11.3 Å². The van der Waals surface area contributed by atoms with E-state index in [-0.39, 0.29) is 30.2 Å².